The van der Waals surface area contributed by atoms with Crippen molar-refractivity contribution in [2.75, 3.05) is 6.54 Å². The average molecular weight is 223 g/mol. The maximum atomic E-state index is 7.73. The molecule has 3 unspecified atom stereocenters. The summed E-state index contributed by atoms with van der Waals surface area (Å²) in [4.78, 5) is 2.54. The molecule has 1 saturated carbocycles. The molecule has 2 aliphatic rings. The second kappa shape index (κ2) is 5.17. The molecule has 0 spiro atoms. The Balaban J connectivity index is 2.09. The fourth-order valence-corrected chi connectivity index (χ4v) is 3.68. The lowest BCUT2D eigenvalue weighted by atomic mass is 9.77. The zero-order chi connectivity index (χ0) is 11.5. The van der Waals surface area contributed by atoms with Gasteiger partial charge in [-0.1, -0.05) is 19.8 Å². The number of fused-ring (bicyclic) bond motifs is 1. The van der Waals surface area contributed by atoms with Gasteiger partial charge >= 0.3 is 0 Å². The highest BCUT2D eigenvalue weighted by atomic mass is 15.2. The van der Waals surface area contributed by atoms with Crippen molar-refractivity contribution < 1.29 is 0 Å². The molecule has 3 N–H and O–H groups in total. The molecule has 1 aliphatic heterocycles. The Morgan fingerprint density at radius 3 is 2.69 bits per heavy atom. The molecule has 1 saturated heterocycles. The van der Waals surface area contributed by atoms with Crippen LogP contribution in [0.2, 0.25) is 0 Å². The predicted molar refractivity (Wildman–Crippen MR) is 67.7 cm³/mol. The van der Waals surface area contributed by atoms with Crippen molar-refractivity contribution in [2.24, 2.45) is 11.7 Å². The molecule has 0 aromatic heterocycles. The van der Waals surface area contributed by atoms with Crippen LogP contribution in [0.1, 0.15) is 51.9 Å². The summed E-state index contributed by atoms with van der Waals surface area (Å²) in [6.45, 7) is 3.30. The number of hydrogen-bond donors (Lipinski definition) is 2. The first kappa shape index (κ1) is 11.9. The summed E-state index contributed by atoms with van der Waals surface area (Å²) in [7, 11) is 0. The zero-order valence-corrected chi connectivity index (χ0v) is 10.4. The van der Waals surface area contributed by atoms with Crippen molar-refractivity contribution in [1.29, 1.82) is 5.41 Å². The minimum atomic E-state index is 0.200. The van der Waals surface area contributed by atoms with Crippen LogP contribution in [-0.4, -0.2) is 29.4 Å². The van der Waals surface area contributed by atoms with Crippen molar-refractivity contribution in [2.45, 2.75) is 64.0 Å². The fourth-order valence-electron chi connectivity index (χ4n) is 3.68. The van der Waals surface area contributed by atoms with Gasteiger partial charge in [-0.2, -0.15) is 0 Å². The molecule has 2 rings (SSSR count). The standard InChI is InChI=1S/C13H25N3/c1-2-11(13(14)15)16-9-5-7-10-6-3-4-8-12(10)16/h10-12H,2-9H2,1H3,(H3,14,15). The molecule has 3 nitrogen and oxygen atoms in total. The van der Waals surface area contributed by atoms with Crippen LogP contribution in [0, 0.1) is 11.3 Å². The van der Waals surface area contributed by atoms with Crippen LogP contribution in [0.3, 0.4) is 0 Å². The van der Waals surface area contributed by atoms with Gasteiger partial charge in [0, 0.05) is 6.04 Å². The monoisotopic (exact) mass is 223 g/mol. The molecule has 0 bridgehead atoms. The molecule has 2 fully saturated rings. The summed E-state index contributed by atoms with van der Waals surface area (Å²) in [6.07, 6.45) is 9.18. The third kappa shape index (κ3) is 2.24. The average Bonchev–Trinajstić information content (AvgIpc) is 2.30. The fraction of sp³-hybridized carbons (Fsp3) is 0.923. The van der Waals surface area contributed by atoms with Crippen molar-refractivity contribution in [3.63, 3.8) is 0 Å². The SMILES string of the molecule is CCC(C(=N)N)N1CCCC2CCCCC21. The van der Waals surface area contributed by atoms with Crippen LogP contribution in [0.5, 0.6) is 0 Å². The summed E-state index contributed by atoms with van der Waals surface area (Å²) in [5.74, 6) is 1.25. The Morgan fingerprint density at radius 2 is 2.00 bits per heavy atom. The lowest BCUT2D eigenvalue weighted by molar-refractivity contribution is 0.0441. The van der Waals surface area contributed by atoms with Gasteiger partial charge in [-0.05, 0) is 44.6 Å². The van der Waals surface area contributed by atoms with Gasteiger partial charge in [0.25, 0.3) is 0 Å². The molecule has 3 atom stereocenters. The van der Waals surface area contributed by atoms with Gasteiger partial charge in [-0.3, -0.25) is 10.3 Å². The summed E-state index contributed by atoms with van der Waals surface area (Å²) in [5.41, 5.74) is 5.74. The first-order valence-electron chi connectivity index (χ1n) is 6.83. The van der Waals surface area contributed by atoms with E-state index >= 15 is 0 Å². The highest BCUT2D eigenvalue weighted by Gasteiger charge is 2.36. The molecular weight excluding hydrogens is 198 g/mol. The van der Waals surface area contributed by atoms with Gasteiger partial charge in [0.05, 0.1) is 6.04 Å². The van der Waals surface area contributed by atoms with Gasteiger partial charge in [0.2, 0.25) is 0 Å². The number of nitrogens with two attached hydrogens (primary N) is 1. The van der Waals surface area contributed by atoms with Crippen LogP contribution < -0.4 is 5.73 Å². The molecule has 0 aromatic carbocycles. The van der Waals surface area contributed by atoms with E-state index in [1.165, 1.54) is 38.5 Å². The van der Waals surface area contributed by atoms with Crippen molar-refractivity contribution in [3.05, 3.63) is 0 Å². The number of likely N-dealkylation sites (tertiary alicyclic amines) is 1. The van der Waals surface area contributed by atoms with Crippen LogP contribution in [0.15, 0.2) is 0 Å². The molecule has 0 aromatic rings. The van der Waals surface area contributed by atoms with E-state index in [1.807, 2.05) is 0 Å². The third-order valence-corrected chi connectivity index (χ3v) is 4.43. The van der Waals surface area contributed by atoms with E-state index in [-0.39, 0.29) is 6.04 Å². The van der Waals surface area contributed by atoms with Crippen LogP contribution in [0.25, 0.3) is 0 Å². The van der Waals surface area contributed by atoms with E-state index in [0.29, 0.717) is 5.84 Å². The highest BCUT2D eigenvalue weighted by Crippen LogP contribution is 2.36. The zero-order valence-electron chi connectivity index (χ0n) is 10.4. The number of nitrogens with one attached hydrogen (secondary N) is 1. The van der Waals surface area contributed by atoms with Crippen molar-refractivity contribution in [1.82, 2.24) is 4.90 Å². The topological polar surface area (TPSA) is 53.1 Å². The summed E-state index contributed by atoms with van der Waals surface area (Å²) in [6, 6.07) is 0.919. The summed E-state index contributed by atoms with van der Waals surface area (Å²) in [5, 5.41) is 7.73. The Kier molecular flexibility index (Phi) is 3.85. The summed E-state index contributed by atoms with van der Waals surface area (Å²) >= 11 is 0. The Hall–Kier alpha value is -0.570. The maximum absolute atomic E-state index is 7.73. The van der Waals surface area contributed by atoms with E-state index in [1.54, 1.807) is 0 Å². The molecule has 16 heavy (non-hydrogen) atoms. The molecule has 92 valence electrons. The van der Waals surface area contributed by atoms with E-state index in [2.05, 4.69) is 11.8 Å². The van der Waals surface area contributed by atoms with E-state index < -0.39 is 0 Å². The number of nitrogens with zero attached hydrogens (tertiary/aromatic N) is 1. The van der Waals surface area contributed by atoms with Crippen LogP contribution >= 0.6 is 0 Å². The Bertz CT molecular complexity index is 250. The second-order valence-electron chi connectivity index (χ2n) is 5.37. The first-order valence-corrected chi connectivity index (χ1v) is 6.83. The molecule has 1 aliphatic carbocycles. The third-order valence-electron chi connectivity index (χ3n) is 4.43. The van der Waals surface area contributed by atoms with Gasteiger partial charge in [0.15, 0.2) is 0 Å². The van der Waals surface area contributed by atoms with Gasteiger partial charge in [-0.25, -0.2) is 0 Å². The lowest BCUT2D eigenvalue weighted by Crippen LogP contribution is -2.55. The minimum Gasteiger partial charge on any atom is -0.386 e. The van der Waals surface area contributed by atoms with Crippen LogP contribution in [0.4, 0.5) is 0 Å². The van der Waals surface area contributed by atoms with Crippen LogP contribution in [-0.2, 0) is 0 Å². The molecule has 1 heterocycles. The van der Waals surface area contributed by atoms with Crippen molar-refractivity contribution >= 4 is 5.84 Å². The second-order valence-corrected chi connectivity index (χ2v) is 5.37. The van der Waals surface area contributed by atoms with E-state index in [4.69, 9.17) is 11.1 Å². The molecule has 0 radical (unpaired) electrons. The Morgan fingerprint density at radius 1 is 1.31 bits per heavy atom. The maximum Gasteiger partial charge on any atom is 0.108 e. The first-order chi connectivity index (χ1) is 7.74. The van der Waals surface area contributed by atoms with Gasteiger partial charge < -0.3 is 5.73 Å². The quantitative estimate of drug-likeness (QED) is 0.570. The van der Waals surface area contributed by atoms with E-state index in [9.17, 15) is 0 Å². The number of amidine groups is 1. The van der Waals surface area contributed by atoms with Crippen molar-refractivity contribution in [3.8, 4) is 0 Å². The highest BCUT2D eigenvalue weighted by molar-refractivity contribution is 5.82. The van der Waals surface area contributed by atoms with Gasteiger partial charge in [0.1, 0.15) is 5.84 Å². The van der Waals surface area contributed by atoms with Gasteiger partial charge in [-0.15, -0.1) is 0 Å². The lowest BCUT2D eigenvalue weighted by Gasteiger charge is -2.47. The molecular formula is C13H25N3. The normalized spacial score (nSPS) is 33.1. The minimum absolute atomic E-state index is 0.200. The van der Waals surface area contributed by atoms with E-state index in [0.717, 1.165) is 24.9 Å². The summed E-state index contributed by atoms with van der Waals surface area (Å²) < 4.78 is 0. The predicted octanol–water partition coefficient (Wildman–Crippen LogP) is 2.36. The Labute approximate surface area is 98.9 Å². The smallest absolute Gasteiger partial charge is 0.108 e. The number of hydrogen-bond acceptors (Lipinski definition) is 2. The molecule has 0 amide bonds. The largest absolute Gasteiger partial charge is 0.386 e. The number of piperidine rings is 1. The number of rotatable bonds is 3. The molecule has 3 heteroatoms.